The van der Waals surface area contributed by atoms with Crippen molar-refractivity contribution in [2.24, 2.45) is 0 Å². The Hall–Kier alpha value is -3.80. The van der Waals surface area contributed by atoms with Gasteiger partial charge in [-0.2, -0.15) is 0 Å². The van der Waals surface area contributed by atoms with E-state index in [4.69, 9.17) is 14.2 Å². The first-order chi connectivity index (χ1) is 16.7. The highest BCUT2D eigenvalue weighted by molar-refractivity contribution is 6.10. The highest BCUT2D eigenvalue weighted by atomic mass is 16.5. The van der Waals surface area contributed by atoms with Crippen molar-refractivity contribution in [1.29, 1.82) is 0 Å². The molecule has 184 valence electrons. The summed E-state index contributed by atoms with van der Waals surface area (Å²) in [4.78, 5) is 24.4. The van der Waals surface area contributed by atoms with E-state index >= 15 is 0 Å². The van der Waals surface area contributed by atoms with Gasteiger partial charge in [-0.3, -0.25) is 4.79 Å². The van der Waals surface area contributed by atoms with Crippen LogP contribution >= 0.6 is 0 Å². The molecule has 1 atom stereocenters. The summed E-state index contributed by atoms with van der Waals surface area (Å²) in [7, 11) is 0. The second-order valence-corrected chi connectivity index (χ2v) is 8.84. The lowest BCUT2D eigenvalue weighted by atomic mass is 9.99. The van der Waals surface area contributed by atoms with E-state index in [-0.39, 0.29) is 11.9 Å². The van der Waals surface area contributed by atoms with Gasteiger partial charge in [0.15, 0.2) is 11.4 Å². The number of aliphatic carboxylic acids is 1. The maximum absolute atomic E-state index is 13.1. The minimum Gasteiger partial charge on any atom is -0.493 e. The molecular formula is C29H32O6. The highest BCUT2D eigenvalue weighted by Crippen LogP contribution is 2.26. The van der Waals surface area contributed by atoms with Gasteiger partial charge >= 0.3 is 5.97 Å². The van der Waals surface area contributed by atoms with Crippen LogP contribution in [0, 0.1) is 0 Å². The van der Waals surface area contributed by atoms with Crippen LogP contribution in [-0.2, 0) is 11.2 Å². The Bertz CT molecular complexity index is 1150. The van der Waals surface area contributed by atoms with Crippen molar-refractivity contribution < 1.29 is 28.9 Å². The summed E-state index contributed by atoms with van der Waals surface area (Å²) in [5, 5.41) is 9.25. The van der Waals surface area contributed by atoms with Crippen LogP contribution < -0.4 is 14.2 Å². The van der Waals surface area contributed by atoms with Crippen molar-refractivity contribution in [3.05, 3.63) is 89.5 Å². The molecule has 0 spiro atoms. The van der Waals surface area contributed by atoms with Crippen LogP contribution in [0.5, 0.6) is 17.2 Å². The minimum absolute atomic E-state index is 0.0690. The Morgan fingerprint density at radius 2 is 1.66 bits per heavy atom. The van der Waals surface area contributed by atoms with Gasteiger partial charge < -0.3 is 19.3 Å². The summed E-state index contributed by atoms with van der Waals surface area (Å²) in [6.45, 7) is 7.34. The van der Waals surface area contributed by atoms with E-state index in [0.717, 1.165) is 12.0 Å². The first-order valence-corrected chi connectivity index (χ1v) is 11.7. The Morgan fingerprint density at radius 1 is 0.943 bits per heavy atom. The first kappa shape index (κ1) is 25.8. The summed E-state index contributed by atoms with van der Waals surface area (Å²) in [6, 6.07) is 21.8. The molecule has 1 unspecified atom stereocenters. The Balaban J connectivity index is 1.62. The van der Waals surface area contributed by atoms with Gasteiger partial charge in [0, 0.05) is 18.1 Å². The number of hydrogen-bond donors (Lipinski definition) is 1. The minimum atomic E-state index is -1.34. The molecule has 0 heterocycles. The lowest BCUT2D eigenvalue weighted by Crippen LogP contribution is -2.37. The number of rotatable bonds is 12. The standard InChI is InChI=1S/C29H32O6/c1-5-21-14-15-26(25(18-21)27(30)22-10-7-6-8-11-22)34-20(2)16-17-33-23-12-9-13-24(19-23)35-29(3,4)28(31)32/h6-15,18-20H,5,16-17H2,1-4H3,(H,31,32). The molecule has 3 rings (SSSR count). The van der Waals surface area contributed by atoms with Crippen molar-refractivity contribution in [2.75, 3.05) is 6.61 Å². The molecule has 3 aromatic carbocycles. The molecule has 0 aliphatic carbocycles. The second-order valence-electron chi connectivity index (χ2n) is 8.84. The van der Waals surface area contributed by atoms with Gasteiger partial charge in [0.25, 0.3) is 0 Å². The molecule has 0 aromatic heterocycles. The molecule has 0 bridgehead atoms. The first-order valence-electron chi connectivity index (χ1n) is 11.7. The van der Waals surface area contributed by atoms with Crippen LogP contribution in [0.1, 0.15) is 55.6 Å². The average molecular weight is 477 g/mol. The normalized spacial score (nSPS) is 12.0. The van der Waals surface area contributed by atoms with Gasteiger partial charge in [-0.25, -0.2) is 4.79 Å². The van der Waals surface area contributed by atoms with Crippen LogP contribution in [0.4, 0.5) is 0 Å². The van der Waals surface area contributed by atoms with Crippen LogP contribution in [-0.4, -0.2) is 35.2 Å². The van der Waals surface area contributed by atoms with Crippen LogP contribution in [0.25, 0.3) is 0 Å². The number of ether oxygens (including phenoxy) is 3. The molecule has 35 heavy (non-hydrogen) atoms. The number of benzene rings is 3. The van der Waals surface area contributed by atoms with E-state index in [1.807, 2.05) is 43.3 Å². The zero-order chi connectivity index (χ0) is 25.4. The fourth-order valence-corrected chi connectivity index (χ4v) is 3.41. The summed E-state index contributed by atoms with van der Waals surface area (Å²) >= 11 is 0. The SMILES string of the molecule is CCc1ccc(OC(C)CCOc2cccc(OC(C)(C)C(=O)O)c2)c(C(=O)c2ccccc2)c1. The van der Waals surface area contributed by atoms with Crippen molar-refractivity contribution in [1.82, 2.24) is 0 Å². The topological polar surface area (TPSA) is 82.1 Å². The molecule has 0 aliphatic heterocycles. The predicted molar refractivity (Wildman–Crippen MR) is 135 cm³/mol. The van der Waals surface area contributed by atoms with E-state index < -0.39 is 11.6 Å². The summed E-state index contributed by atoms with van der Waals surface area (Å²) in [5.74, 6) is 0.421. The lowest BCUT2D eigenvalue weighted by molar-refractivity contribution is -0.152. The number of carboxylic acid groups (broad SMARTS) is 1. The highest BCUT2D eigenvalue weighted by Gasteiger charge is 2.29. The zero-order valence-electron chi connectivity index (χ0n) is 20.6. The van der Waals surface area contributed by atoms with Gasteiger partial charge in [0.1, 0.15) is 17.2 Å². The maximum Gasteiger partial charge on any atom is 0.347 e. The fraction of sp³-hybridized carbons (Fsp3) is 0.310. The predicted octanol–water partition coefficient (Wildman–Crippen LogP) is 5.96. The smallest absolute Gasteiger partial charge is 0.347 e. The third kappa shape index (κ3) is 7.09. The molecule has 6 heteroatoms. The summed E-state index contributed by atoms with van der Waals surface area (Å²) in [6.07, 6.45) is 1.21. The van der Waals surface area contributed by atoms with Crippen molar-refractivity contribution >= 4 is 11.8 Å². The molecule has 0 saturated heterocycles. The molecule has 0 radical (unpaired) electrons. The maximum atomic E-state index is 13.1. The molecule has 3 aromatic rings. The molecule has 0 saturated carbocycles. The number of carbonyl (C=O) groups excluding carboxylic acids is 1. The summed E-state index contributed by atoms with van der Waals surface area (Å²) in [5.41, 5.74) is 0.896. The molecule has 1 N–H and O–H groups in total. The lowest BCUT2D eigenvalue weighted by Gasteiger charge is -2.22. The van der Waals surface area contributed by atoms with Crippen LogP contribution in [0.15, 0.2) is 72.8 Å². The van der Waals surface area contributed by atoms with E-state index in [2.05, 4.69) is 6.92 Å². The van der Waals surface area contributed by atoms with E-state index in [9.17, 15) is 14.7 Å². The van der Waals surface area contributed by atoms with Gasteiger partial charge in [-0.15, -0.1) is 0 Å². The number of aryl methyl sites for hydroxylation is 1. The quantitative estimate of drug-likeness (QED) is 0.325. The van der Waals surface area contributed by atoms with Crippen molar-refractivity contribution in [2.45, 2.75) is 52.2 Å². The molecule has 0 aliphatic rings. The van der Waals surface area contributed by atoms with E-state index in [0.29, 0.717) is 41.4 Å². The molecule has 0 amide bonds. The number of carbonyl (C=O) groups is 2. The molecule has 6 nitrogen and oxygen atoms in total. The van der Waals surface area contributed by atoms with Gasteiger partial charge in [0.05, 0.1) is 18.3 Å². The Kier molecular flexibility index (Phi) is 8.53. The monoisotopic (exact) mass is 476 g/mol. The third-order valence-electron chi connectivity index (χ3n) is 5.55. The summed E-state index contributed by atoms with van der Waals surface area (Å²) < 4.78 is 17.6. The van der Waals surface area contributed by atoms with Gasteiger partial charge in [0.2, 0.25) is 0 Å². The molecule has 0 fully saturated rings. The second kappa shape index (κ2) is 11.6. The zero-order valence-corrected chi connectivity index (χ0v) is 20.6. The average Bonchev–Trinajstić information content (AvgIpc) is 2.84. The largest absolute Gasteiger partial charge is 0.493 e. The van der Waals surface area contributed by atoms with Crippen molar-refractivity contribution in [3.63, 3.8) is 0 Å². The van der Waals surface area contributed by atoms with Gasteiger partial charge in [-0.1, -0.05) is 49.4 Å². The van der Waals surface area contributed by atoms with E-state index in [1.165, 1.54) is 13.8 Å². The van der Waals surface area contributed by atoms with Crippen molar-refractivity contribution in [3.8, 4) is 17.2 Å². The van der Waals surface area contributed by atoms with Crippen LogP contribution in [0.2, 0.25) is 0 Å². The Labute approximate surface area is 206 Å². The van der Waals surface area contributed by atoms with E-state index in [1.54, 1.807) is 36.4 Å². The molecular weight excluding hydrogens is 444 g/mol. The Morgan fingerprint density at radius 3 is 2.34 bits per heavy atom. The van der Waals surface area contributed by atoms with Gasteiger partial charge in [-0.05, 0) is 57.0 Å². The fourth-order valence-electron chi connectivity index (χ4n) is 3.41. The number of ketones is 1. The number of hydrogen-bond acceptors (Lipinski definition) is 5. The van der Waals surface area contributed by atoms with Crippen LogP contribution in [0.3, 0.4) is 0 Å². The number of carboxylic acids is 1. The third-order valence-corrected chi connectivity index (χ3v) is 5.55.